The van der Waals surface area contributed by atoms with Gasteiger partial charge in [0.05, 0.1) is 17.3 Å². The van der Waals surface area contributed by atoms with Gasteiger partial charge in [0.15, 0.2) is 0 Å². The molecule has 0 aliphatic rings. The lowest BCUT2D eigenvalue weighted by atomic mass is 10.0. The van der Waals surface area contributed by atoms with E-state index in [0.29, 0.717) is 5.02 Å². The summed E-state index contributed by atoms with van der Waals surface area (Å²) in [5, 5.41) is 1.83. The van der Waals surface area contributed by atoms with Crippen LogP contribution in [0.15, 0.2) is 54.6 Å². The molecule has 0 radical (unpaired) electrons. The molecule has 100 valence electrons. The van der Waals surface area contributed by atoms with Gasteiger partial charge in [0.2, 0.25) is 0 Å². The number of aryl methyl sites for hydroxylation is 1. The molecule has 1 unspecified atom stereocenters. The van der Waals surface area contributed by atoms with Crippen LogP contribution in [0.25, 0.3) is 10.9 Å². The maximum absolute atomic E-state index is 6.33. The van der Waals surface area contributed by atoms with Gasteiger partial charge in [-0.05, 0) is 36.2 Å². The highest BCUT2D eigenvalue weighted by Gasteiger charge is 2.14. The van der Waals surface area contributed by atoms with Gasteiger partial charge >= 0.3 is 0 Å². The quantitative estimate of drug-likeness (QED) is 0.763. The molecule has 3 aromatic rings. The lowest BCUT2D eigenvalue weighted by Gasteiger charge is -2.15. The zero-order valence-corrected chi connectivity index (χ0v) is 11.9. The zero-order valence-electron chi connectivity index (χ0n) is 11.2. The molecule has 3 rings (SSSR count). The standard InChI is InChI=1S/C17H15ClN2/c1-11-10-16(20-15-9-5-3-6-12(11)15)17(19)13-7-2-4-8-14(13)18/h2-10,17H,19H2,1H3. The highest BCUT2D eigenvalue weighted by Crippen LogP contribution is 2.27. The first kappa shape index (κ1) is 13.1. The number of hydrogen-bond donors (Lipinski definition) is 1. The fourth-order valence-corrected chi connectivity index (χ4v) is 2.67. The van der Waals surface area contributed by atoms with Crippen molar-refractivity contribution in [1.82, 2.24) is 4.98 Å². The van der Waals surface area contributed by atoms with Gasteiger partial charge in [-0.25, -0.2) is 0 Å². The summed E-state index contributed by atoms with van der Waals surface area (Å²) in [7, 11) is 0. The molecule has 0 saturated heterocycles. The van der Waals surface area contributed by atoms with Gasteiger partial charge in [0.25, 0.3) is 0 Å². The Balaban J connectivity index is 2.13. The average molecular weight is 283 g/mol. The Morgan fingerprint density at radius 1 is 1.05 bits per heavy atom. The first-order chi connectivity index (χ1) is 9.66. The van der Waals surface area contributed by atoms with Crippen LogP contribution in [0, 0.1) is 6.92 Å². The molecule has 1 aromatic heterocycles. The van der Waals surface area contributed by atoms with Crippen molar-refractivity contribution in [3.63, 3.8) is 0 Å². The molecular weight excluding hydrogens is 268 g/mol. The fourth-order valence-electron chi connectivity index (χ4n) is 2.42. The minimum Gasteiger partial charge on any atom is -0.319 e. The number of pyridine rings is 1. The van der Waals surface area contributed by atoms with Gasteiger partial charge in [-0.3, -0.25) is 4.98 Å². The smallest absolute Gasteiger partial charge is 0.0741 e. The second-order valence-corrected chi connectivity index (χ2v) is 5.29. The van der Waals surface area contributed by atoms with Gasteiger partial charge < -0.3 is 5.73 Å². The summed E-state index contributed by atoms with van der Waals surface area (Å²) >= 11 is 6.22. The highest BCUT2D eigenvalue weighted by molar-refractivity contribution is 6.31. The predicted octanol–water partition coefficient (Wildman–Crippen LogP) is 4.24. The molecule has 0 saturated carbocycles. The van der Waals surface area contributed by atoms with E-state index in [4.69, 9.17) is 17.3 Å². The van der Waals surface area contributed by atoms with Crippen molar-refractivity contribution >= 4 is 22.5 Å². The largest absolute Gasteiger partial charge is 0.319 e. The van der Waals surface area contributed by atoms with E-state index in [1.165, 1.54) is 5.56 Å². The van der Waals surface area contributed by atoms with Crippen molar-refractivity contribution in [3.8, 4) is 0 Å². The monoisotopic (exact) mass is 282 g/mol. The van der Waals surface area contributed by atoms with Crippen molar-refractivity contribution in [2.75, 3.05) is 0 Å². The van der Waals surface area contributed by atoms with E-state index in [9.17, 15) is 0 Å². The van der Waals surface area contributed by atoms with Gasteiger partial charge in [-0.2, -0.15) is 0 Å². The molecule has 0 aliphatic heterocycles. The molecule has 2 nitrogen and oxygen atoms in total. The first-order valence-corrected chi connectivity index (χ1v) is 6.91. The van der Waals surface area contributed by atoms with Gasteiger partial charge in [-0.15, -0.1) is 0 Å². The van der Waals surface area contributed by atoms with E-state index in [1.807, 2.05) is 48.5 Å². The first-order valence-electron chi connectivity index (χ1n) is 6.53. The summed E-state index contributed by atoms with van der Waals surface area (Å²) in [6, 6.07) is 17.4. The van der Waals surface area contributed by atoms with Crippen LogP contribution >= 0.6 is 11.6 Å². The third-order valence-corrected chi connectivity index (χ3v) is 3.85. The van der Waals surface area contributed by atoms with Crippen molar-refractivity contribution in [2.45, 2.75) is 13.0 Å². The molecule has 0 amide bonds. The van der Waals surface area contributed by atoms with Gasteiger partial charge in [-0.1, -0.05) is 48.0 Å². The number of halogens is 1. The number of aromatic nitrogens is 1. The summed E-state index contributed by atoms with van der Waals surface area (Å²) in [6.45, 7) is 2.08. The third-order valence-electron chi connectivity index (χ3n) is 3.50. The number of fused-ring (bicyclic) bond motifs is 1. The van der Waals surface area contributed by atoms with E-state index in [2.05, 4.69) is 18.0 Å². The van der Waals surface area contributed by atoms with E-state index in [1.54, 1.807) is 0 Å². The second-order valence-electron chi connectivity index (χ2n) is 4.88. The van der Waals surface area contributed by atoms with Crippen LogP contribution in [0.5, 0.6) is 0 Å². The Morgan fingerprint density at radius 2 is 1.75 bits per heavy atom. The van der Waals surface area contributed by atoms with Crippen LogP contribution in [0.2, 0.25) is 5.02 Å². The van der Waals surface area contributed by atoms with Crippen molar-refractivity contribution in [3.05, 3.63) is 76.4 Å². The van der Waals surface area contributed by atoms with Crippen molar-refractivity contribution < 1.29 is 0 Å². The molecule has 0 spiro atoms. The molecular formula is C17H15ClN2. The number of nitrogens with two attached hydrogens (primary N) is 1. The molecule has 2 N–H and O–H groups in total. The predicted molar refractivity (Wildman–Crippen MR) is 84.0 cm³/mol. The minimum absolute atomic E-state index is 0.313. The van der Waals surface area contributed by atoms with Crippen LogP contribution < -0.4 is 5.73 Å². The Bertz CT molecular complexity index is 768. The molecule has 0 bridgehead atoms. The Morgan fingerprint density at radius 3 is 2.55 bits per heavy atom. The molecule has 2 aromatic carbocycles. The summed E-state index contributed by atoms with van der Waals surface area (Å²) in [4.78, 5) is 4.67. The van der Waals surface area contributed by atoms with Gasteiger partial charge in [0.1, 0.15) is 0 Å². The summed E-state index contributed by atoms with van der Waals surface area (Å²) in [5.41, 5.74) is 10.2. The molecule has 1 atom stereocenters. The molecule has 0 fully saturated rings. The molecule has 20 heavy (non-hydrogen) atoms. The van der Waals surface area contributed by atoms with Crippen LogP contribution in [0.3, 0.4) is 0 Å². The van der Waals surface area contributed by atoms with Crippen LogP contribution in [-0.4, -0.2) is 4.98 Å². The summed E-state index contributed by atoms with van der Waals surface area (Å²) < 4.78 is 0. The van der Waals surface area contributed by atoms with Crippen LogP contribution in [0.1, 0.15) is 22.9 Å². The average Bonchev–Trinajstić information content (AvgIpc) is 2.47. The van der Waals surface area contributed by atoms with Crippen LogP contribution in [-0.2, 0) is 0 Å². The maximum atomic E-state index is 6.33. The van der Waals surface area contributed by atoms with Gasteiger partial charge in [0, 0.05) is 10.4 Å². The zero-order chi connectivity index (χ0) is 14.1. The van der Waals surface area contributed by atoms with E-state index in [0.717, 1.165) is 22.2 Å². The normalized spacial score (nSPS) is 12.6. The third kappa shape index (κ3) is 2.28. The number of rotatable bonds is 2. The number of nitrogens with zero attached hydrogens (tertiary/aromatic N) is 1. The Kier molecular flexibility index (Phi) is 3.43. The molecule has 1 heterocycles. The molecule has 3 heteroatoms. The fraction of sp³-hybridized carbons (Fsp3) is 0.118. The minimum atomic E-state index is -0.313. The number of hydrogen-bond acceptors (Lipinski definition) is 2. The SMILES string of the molecule is Cc1cc(C(N)c2ccccc2Cl)nc2ccccc12. The summed E-state index contributed by atoms with van der Waals surface area (Å²) in [6.07, 6.45) is 0. The Hall–Kier alpha value is -1.90. The Labute approximate surface area is 123 Å². The maximum Gasteiger partial charge on any atom is 0.0741 e. The van der Waals surface area contributed by atoms with Crippen LogP contribution in [0.4, 0.5) is 0 Å². The number of benzene rings is 2. The van der Waals surface area contributed by atoms with Crippen molar-refractivity contribution in [1.29, 1.82) is 0 Å². The van der Waals surface area contributed by atoms with Crippen molar-refractivity contribution in [2.24, 2.45) is 5.73 Å². The van der Waals surface area contributed by atoms with E-state index >= 15 is 0 Å². The highest BCUT2D eigenvalue weighted by atomic mass is 35.5. The van der Waals surface area contributed by atoms with E-state index in [-0.39, 0.29) is 6.04 Å². The molecule has 0 aliphatic carbocycles. The summed E-state index contributed by atoms with van der Waals surface area (Å²) in [5.74, 6) is 0. The second kappa shape index (κ2) is 5.23. The number of para-hydroxylation sites is 1. The lowest BCUT2D eigenvalue weighted by Crippen LogP contribution is -2.14. The topological polar surface area (TPSA) is 38.9 Å². The lowest BCUT2D eigenvalue weighted by molar-refractivity contribution is 0.834. The van der Waals surface area contributed by atoms with E-state index < -0.39 is 0 Å².